The van der Waals surface area contributed by atoms with Gasteiger partial charge in [-0.2, -0.15) is 0 Å². The second-order valence-electron chi connectivity index (χ2n) is 8.48. The summed E-state index contributed by atoms with van der Waals surface area (Å²) in [6, 6.07) is 17.7. The normalized spacial score (nSPS) is 37.5. The topological polar surface area (TPSA) is 12.0 Å². The van der Waals surface area contributed by atoms with Gasteiger partial charge in [0.15, 0.2) is 0 Å². The lowest BCUT2D eigenvalue weighted by atomic mass is 9.76. The van der Waals surface area contributed by atoms with Crippen LogP contribution < -0.4 is 5.32 Å². The lowest BCUT2D eigenvalue weighted by Crippen LogP contribution is -2.49. The molecule has 5 rings (SSSR count). The molecule has 1 N–H and O–H groups in total. The summed E-state index contributed by atoms with van der Waals surface area (Å²) in [5.74, 6) is 0.647. The number of hydrogen-bond donors (Lipinski definition) is 1. The van der Waals surface area contributed by atoms with E-state index in [0.717, 1.165) is 6.42 Å². The highest BCUT2D eigenvalue weighted by molar-refractivity contribution is 5.57. The van der Waals surface area contributed by atoms with Crippen LogP contribution in [0, 0.1) is 5.92 Å². The van der Waals surface area contributed by atoms with E-state index in [9.17, 15) is 4.39 Å². The van der Waals surface area contributed by atoms with Crippen molar-refractivity contribution in [1.29, 1.82) is 0 Å². The predicted octanol–water partition coefficient (Wildman–Crippen LogP) is 5.18. The van der Waals surface area contributed by atoms with Crippen molar-refractivity contribution in [2.75, 3.05) is 6.67 Å². The largest absolute Gasteiger partial charge is 0.294 e. The molecule has 0 radical (unpaired) electrons. The molecule has 3 aliphatic rings. The van der Waals surface area contributed by atoms with E-state index in [1.54, 1.807) is 0 Å². The number of benzene rings is 2. The van der Waals surface area contributed by atoms with Gasteiger partial charge in [0.25, 0.3) is 0 Å². The summed E-state index contributed by atoms with van der Waals surface area (Å²) in [5.41, 5.74) is 5.40. The standard InChI is InChI=1S/C23H26FN/c1-3-22-14-16(22)15-23(12-13-24)20-11-7-5-9-18(20)21(2,25-23)17-8-4-6-10-19(17)22/h4-11,16,25H,3,12-15H2,1-2H3. The van der Waals surface area contributed by atoms with Crippen molar-refractivity contribution in [1.82, 2.24) is 5.32 Å². The SMILES string of the molecule is CCC12CC1CC1(CCF)NC(C)(c3ccccc31)c1ccccc12. The molecule has 1 fully saturated rings. The minimum Gasteiger partial charge on any atom is -0.294 e. The molecule has 2 bridgehead atoms. The van der Waals surface area contributed by atoms with Gasteiger partial charge in [-0.3, -0.25) is 9.71 Å². The average Bonchev–Trinajstić information content (AvgIpc) is 3.27. The highest BCUT2D eigenvalue weighted by Gasteiger charge is 2.63. The third-order valence-corrected chi connectivity index (χ3v) is 7.45. The van der Waals surface area contributed by atoms with Crippen molar-refractivity contribution in [3.05, 3.63) is 70.8 Å². The Bertz CT molecular complexity index is 845. The summed E-state index contributed by atoms with van der Waals surface area (Å²) in [4.78, 5) is 0. The molecule has 0 aromatic heterocycles. The van der Waals surface area contributed by atoms with Gasteiger partial charge >= 0.3 is 0 Å². The molecule has 2 aromatic rings. The number of fused-ring (bicyclic) bond motifs is 9. The Balaban J connectivity index is 1.82. The monoisotopic (exact) mass is 335 g/mol. The van der Waals surface area contributed by atoms with Gasteiger partial charge in [0, 0.05) is 5.54 Å². The summed E-state index contributed by atoms with van der Waals surface area (Å²) in [6.07, 6.45) is 4.03. The minimum atomic E-state index is -0.273. The fourth-order valence-electron chi connectivity index (χ4n) is 6.16. The Hall–Kier alpha value is -1.67. The van der Waals surface area contributed by atoms with Gasteiger partial charge < -0.3 is 0 Å². The first kappa shape index (κ1) is 15.6. The predicted molar refractivity (Wildman–Crippen MR) is 99.4 cm³/mol. The molecule has 4 unspecified atom stereocenters. The summed E-state index contributed by atoms with van der Waals surface area (Å²) < 4.78 is 13.7. The maximum atomic E-state index is 13.7. The van der Waals surface area contributed by atoms with Crippen LogP contribution in [-0.4, -0.2) is 6.67 Å². The van der Waals surface area contributed by atoms with Crippen LogP contribution in [0.5, 0.6) is 0 Å². The molecular formula is C23H26FN. The number of alkyl halides is 1. The number of halogens is 1. The van der Waals surface area contributed by atoms with E-state index in [0.29, 0.717) is 17.8 Å². The number of rotatable bonds is 3. The number of nitrogens with one attached hydrogen (secondary N) is 1. The van der Waals surface area contributed by atoms with E-state index < -0.39 is 0 Å². The lowest BCUT2D eigenvalue weighted by molar-refractivity contribution is 0.209. The molecule has 0 amide bonds. The molecule has 0 saturated heterocycles. The highest BCUT2D eigenvalue weighted by atomic mass is 19.1. The first-order valence-corrected chi connectivity index (χ1v) is 9.65. The Morgan fingerprint density at radius 2 is 1.56 bits per heavy atom. The molecular weight excluding hydrogens is 309 g/mol. The molecule has 4 atom stereocenters. The van der Waals surface area contributed by atoms with Gasteiger partial charge in [-0.05, 0) is 66.2 Å². The molecule has 2 aliphatic heterocycles. The molecule has 1 aliphatic carbocycles. The second-order valence-corrected chi connectivity index (χ2v) is 8.48. The van der Waals surface area contributed by atoms with Gasteiger partial charge in [-0.15, -0.1) is 0 Å². The molecule has 2 heterocycles. The van der Waals surface area contributed by atoms with Crippen LogP contribution in [-0.2, 0) is 16.5 Å². The highest BCUT2D eigenvalue weighted by Crippen LogP contribution is 2.66. The van der Waals surface area contributed by atoms with E-state index in [-0.39, 0.29) is 17.8 Å². The van der Waals surface area contributed by atoms with Gasteiger partial charge in [0.1, 0.15) is 0 Å². The Labute approximate surface area is 149 Å². The Morgan fingerprint density at radius 3 is 2.20 bits per heavy atom. The van der Waals surface area contributed by atoms with Crippen molar-refractivity contribution in [3.8, 4) is 0 Å². The third-order valence-electron chi connectivity index (χ3n) is 7.45. The molecule has 0 spiro atoms. The second kappa shape index (κ2) is 4.94. The van der Waals surface area contributed by atoms with Gasteiger partial charge in [-0.1, -0.05) is 55.5 Å². The third kappa shape index (κ3) is 1.81. The van der Waals surface area contributed by atoms with Crippen LogP contribution in [0.4, 0.5) is 4.39 Å². The minimum absolute atomic E-state index is 0.227. The quantitative estimate of drug-likeness (QED) is 0.815. The van der Waals surface area contributed by atoms with E-state index in [4.69, 9.17) is 0 Å². The Kier molecular flexibility index (Phi) is 3.08. The zero-order valence-corrected chi connectivity index (χ0v) is 15.1. The van der Waals surface area contributed by atoms with E-state index in [2.05, 4.69) is 67.7 Å². The maximum absolute atomic E-state index is 13.7. The van der Waals surface area contributed by atoms with Crippen LogP contribution in [0.3, 0.4) is 0 Å². The lowest BCUT2D eigenvalue weighted by Gasteiger charge is -2.40. The summed E-state index contributed by atoms with van der Waals surface area (Å²) in [5, 5.41) is 3.96. The Morgan fingerprint density at radius 1 is 0.960 bits per heavy atom. The van der Waals surface area contributed by atoms with Crippen LogP contribution in [0.25, 0.3) is 0 Å². The van der Waals surface area contributed by atoms with Crippen molar-refractivity contribution in [2.45, 2.75) is 56.0 Å². The summed E-state index contributed by atoms with van der Waals surface area (Å²) in [7, 11) is 0. The van der Waals surface area contributed by atoms with Gasteiger partial charge in [0.2, 0.25) is 0 Å². The average molecular weight is 335 g/mol. The van der Waals surface area contributed by atoms with Crippen LogP contribution >= 0.6 is 0 Å². The fraction of sp³-hybridized carbons (Fsp3) is 0.478. The van der Waals surface area contributed by atoms with Crippen molar-refractivity contribution in [2.24, 2.45) is 5.92 Å². The fourth-order valence-corrected chi connectivity index (χ4v) is 6.16. The van der Waals surface area contributed by atoms with Crippen molar-refractivity contribution < 1.29 is 4.39 Å². The smallest absolute Gasteiger partial charge is 0.0915 e. The molecule has 25 heavy (non-hydrogen) atoms. The molecule has 2 heteroatoms. The maximum Gasteiger partial charge on any atom is 0.0915 e. The number of hydrogen-bond acceptors (Lipinski definition) is 1. The molecule has 2 aromatic carbocycles. The van der Waals surface area contributed by atoms with E-state index in [1.807, 2.05) is 0 Å². The van der Waals surface area contributed by atoms with Crippen molar-refractivity contribution in [3.63, 3.8) is 0 Å². The first-order valence-electron chi connectivity index (χ1n) is 9.65. The van der Waals surface area contributed by atoms with E-state index in [1.165, 1.54) is 35.1 Å². The van der Waals surface area contributed by atoms with Crippen molar-refractivity contribution >= 4 is 0 Å². The van der Waals surface area contributed by atoms with Crippen LogP contribution in [0.2, 0.25) is 0 Å². The van der Waals surface area contributed by atoms with Crippen LogP contribution in [0.1, 0.15) is 61.8 Å². The van der Waals surface area contributed by atoms with Gasteiger partial charge in [0.05, 0.1) is 12.2 Å². The summed E-state index contributed by atoms with van der Waals surface area (Å²) >= 11 is 0. The zero-order valence-electron chi connectivity index (χ0n) is 15.1. The summed E-state index contributed by atoms with van der Waals surface area (Å²) in [6.45, 7) is 4.35. The molecule has 130 valence electrons. The first-order chi connectivity index (χ1) is 12.1. The van der Waals surface area contributed by atoms with Crippen LogP contribution in [0.15, 0.2) is 48.5 Å². The van der Waals surface area contributed by atoms with E-state index >= 15 is 0 Å². The molecule has 1 nitrogen and oxygen atoms in total. The van der Waals surface area contributed by atoms with Gasteiger partial charge in [-0.25, -0.2) is 0 Å². The molecule has 1 saturated carbocycles. The zero-order chi connectivity index (χ0) is 17.3.